The van der Waals surface area contributed by atoms with Crippen LogP contribution in [0.5, 0.6) is 0 Å². The lowest BCUT2D eigenvalue weighted by Crippen LogP contribution is -2.37. The zero-order valence-electron chi connectivity index (χ0n) is 17.3. The molecule has 150 valence electrons. The molecule has 0 aromatic rings. The minimum atomic E-state index is -0.867. The fourth-order valence-corrected chi connectivity index (χ4v) is 1.85. The van der Waals surface area contributed by atoms with Crippen LogP contribution in [0.15, 0.2) is 11.1 Å². The van der Waals surface area contributed by atoms with Crippen LogP contribution in [-0.4, -0.2) is 40.8 Å². The maximum atomic E-state index is 12.2. The van der Waals surface area contributed by atoms with Crippen molar-refractivity contribution in [2.24, 2.45) is 0 Å². The van der Waals surface area contributed by atoms with Gasteiger partial charge >= 0.3 is 0 Å². The van der Waals surface area contributed by atoms with Gasteiger partial charge in [-0.25, -0.2) is 19.6 Å². The van der Waals surface area contributed by atoms with E-state index in [4.69, 9.17) is 19.6 Å². The highest BCUT2D eigenvalue weighted by molar-refractivity contribution is 6.18. The van der Waals surface area contributed by atoms with Gasteiger partial charge in [0, 0.05) is 24.1 Å². The van der Waals surface area contributed by atoms with Gasteiger partial charge in [-0.1, -0.05) is 13.8 Å². The van der Waals surface area contributed by atoms with Crippen molar-refractivity contribution in [3.8, 4) is 0 Å². The highest BCUT2D eigenvalue weighted by Gasteiger charge is 2.34. The maximum Gasteiger partial charge on any atom is 0.256 e. The Morgan fingerprint density at radius 1 is 0.846 bits per heavy atom. The summed E-state index contributed by atoms with van der Waals surface area (Å²) in [5.74, 6) is -0.563. The number of imide groups is 1. The summed E-state index contributed by atoms with van der Waals surface area (Å²) in [5.41, 5.74) is -0.0357. The van der Waals surface area contributed by atoms with Crippen molar-refractivity contribution in [2.45, 2.75) is 92.1 Å². The number of carbonyl (C=O) groups excluding carboxylic acids is 2. The summed E-state index contributed by atoms with van der Waals surface area (Å²) < 4.78 is 0. The highest BCUT2D eigenvalue weighted by Crippen LogP contribution is 2.23. The third-order valence-electron chi connectivity index (χ3n) is 4.75. The van der Waals surface area contributed by atoms with Gasteiger partial charge in [-0.05, 0) is 54.4 Å². The molecule has 0 fully saturated rings. The van der Waals surface area contributed by atoms with E-state index in [1.54, 1.807) is 13.8 Å². The van der Waals surface area contributed by atoms with Crippen molar-refractivity contribution in [2.75, 3.05) is 6.54 Å². The van der Waals surface area contributed by atoms with Crippen molar-refractivity contribution in [1.29, 1.82) is 0 Å². The molecule has 0 radical (unpaired) electrons. The molecule has 26 heavy (non-hydrogen) atoms. The van der Waals surface area contributed by atoms with Gasteiger partial charge in [0.05, 0.1) is 11.2 Å². The highest BCUT2D eigenvalue weighted by atomic mass is 17.3. The fraction of sp³-hybridized carbons (Fsp3) is 0.789. The van der Waals surface area contributed by atoms with Crippen LogP contribution in [0.3, 0.4) is 0 Å². The summed E-state index contributed by atoms with van der Waals surface area (Å²) in [4.78, 5) is 47.2. The molecule has 0 saturated heterocycles. The van der Waals surface area contributed by atoms with Gasteiger partial charge in [-0.15, -0.1) is 0 Å². The predicted molar refractivity (Wildman–Crippen MR) is 96.6 cm³/mol. The van der Waals surface area contributed by atoms with Crippen molar-refractivity contribution in [3.63, 3.8) is 0 Å². The van der Waals surface area contributed by atoms with Gasteiger partial charge < -0.3 is 0 Å². The zero-order chi connectivity index (χ0) is 20.1. The number of carbonyl (C=O) groups is 2. The summed E-state index contributed by atoms with van der Waals surface area (Å²) in [6.45, 7) is 15.0. The van der Waals surface area contributed by atoms with E-state index in [-0.39, 0.29) is 24.8 Å². The minimum Gasteiger partial charge on any atom is -0.275 e. The SMILES string of the molecule is CCC(C)(C)OOC(CCN1C(=O)C(C)=C(C)C1=O)OOC(C)(C)CC. The number of hydrogen-bond donors (Lipinski definition) is 0. The molecule has 1 rings (SSSR count). The van der Waals surface area contributed by atoms with E-state index in [0.717, 1.165) is 12.8 Å². The molecule has 0 unspecified atom stereocenters. The van der Waals surface area contributed by atoms with Crippen LogP contribution < -0.4 is 0 Å². The number of rotatable bonds is 11. The molecule has 7 heteroatoms. The Balaban J connectivity index is 2.70. The number of nitrogens with zero attached hydrogens (tertiary/aromatic N) is 1. The predicted octanol–water partition coefficient (Wildman–Crippen LogP) is 3.68. The lowest BCUT2D eigenvalue weighted by Gasteiger charge is -2.28. The fourth-order valence-electron chi connectivity index (χ4n) is 1.85. The standard InChI is InChI=1S/C19H33NO6/c1-9-18(5,6)25-23-15(24-26-19(7,8)10-2)11-12-20-16(21)13(3)14(4)17(20)22/h15H,9-12H2,1-8H3. The summed E-state index contributed by atoms with van der Waals surface area (Å²) in [5, 5.41) is 0. The third kappa shape index (κ3) is 6.16. The van der Waals surface area contributed by atoms with Gasteiger partial charge in [0.2, 0.25) is 6.29 Å². The normalized spacial score (nSPS) is 16.4. The lowest BCUT2D eigenvalue weighted by molar-refractivity contribution is -0.500. The van der Waals surface area contributed by atoms with Crippen molar-refractivity contribution in [3.05, 3.63) is 11.1 Å². The van der Waals surface area contributed by atoms with Gasteiger partial charge in [-0.2, -0.15) is 0 Å². The molecule has 2 amide bonds. The second-order valence-corrected chi connectivity index (χ2v) is 7.82. The van der Waals surface area contributed by atoms with E-state index in [0.29, 0.717) is 11.1 Å². The molecular weight excluding hydrogens is 338 g/mol. The first-order valence-corrected chi connectivity index (χ1v) is 9.16. The van der Waals surface area contributed by atoms with Crippen LogP contribution in [-0.2, 0) is 29.1 Å². The number of amides is 2. The molecule has 0 saturated carbocycles. The Kier molecular flexibility index (Phi) is 7.95. The molecule has 1 aliphatic heterocycles. The van der Waals surface area contributed by atoms with Gasteiger partial charge in [-0.3, -0.25) is 14.5 Å². The van der Waals surface area contributed by atoms with E-state index >= 15 is 0 Å². The van der Waals surface area contributed by atoms with Crippen molar-refractivity contribution >= 4 is 11.8 Å². The first kappa shape index (κ1) is 22.8. The topological polar surface area (TPSA) is 74.3 Å². The Bertz CT molecular complexity index is 508. The van der Waals surface area contributed by atoms with Gasteiger partial charge in [0.15, 0.2) is 0 Å². The molecule has 0 aromatic heterocycles. The van der Waals surface area contributed by atoms with E-state index in [9.17, 15) is 9.59 Å². The molecular formula is C19H33NO6. The van der Waals surface area contributed by atoms with Gasteiger partial charge in [0.25, 0.3) is 11.8 Å². The Hall–Kier alpha value is -1.28. The van der Waals surface area contributed by atoms with Crippen molar-refractivity contribution < 1.29 is 29.1 Å². The van der Waals surface area contributed by atoms with Crippen LogP contribution in [0, 0.1) is 0 Å². The average molecular weight is 371 g/mol. The third-order valence-corrected chi connectivity index (χ3v) is 4.75. The smallest absolute Gasteiger partial charge is 0.256 e. The van der Waals surface area contributed by atoms with E-state index < -0.39 is 17.5 Å². The molecule has 0 aliphatic carbocycles. The maximum absolute atomic E-state index is 12.2. The number of hydrogen-bond acceptors (Lipinski definition) is 6. The van der Waals surface area contributed by atoms with Crippen LogP contribution >= 0.6 is 0 Å². The van der Waals surface area contributed by atoms with E-state index in [2.05, 4.69) is 0 Å². The quantitative estimate of drug-likeness (QED) is 0.239. The summed E-state index contributed by atoms with van der Waals surface area (Å²) in [7, 11) is 0. The molecule has 7 nitrogen and oxygen atoms in total. The second-order valence-electron chi connectivity index (χ2n) is 7.82. The molecule has 0 atom stereocenters. The van der Waals surface area contributed by atoms with Crippen molar-refractivity contribution in [1.82, 2.24) is 4.90 Å². The summed E-state index contributed by atoms with van der Waals surface area (Å²) in [6.07, 6.45) is 0.852. The molecule has 1 aliphatic rings. The van der Waals surface area contributed by atoms with Crippen LogP contribution in [0.1, 0.15) is 74.7 Å². The molecule has 0 spiro atoms. The summed E-state index contributed by atoms with van der Waals surface area (Å²) in [6, 6.07) is 0. The Morgan fingerprint density at radius 2 is 1.23 bits per heavy atom. The van der Waals surface area contributed by atoms with Crippen LogP contribution in [0.25, 0.3) is 0 Å². The monoisotopic (exact) mass is 371 g/mol. The van der Waals surface area contributed by atoms with Crippen LogP contribution in [0.4, 0.5) is 0 Å². The lowest BCUT2D eigenvalue weighted by atomic mass is 10.1. The first-order valence-electron chi connectivity index (χ1n) is 9.16. The largest absolute Gasteiger partial charge is 0.275 e. The average Bonchev–Trinajstić information content (AvgIpc) is 2.78. The first-order chi connectivity index (χ1) is 11.9. The Morgan fingerprint density at radius 3 is 1.58 bits per heavy atom. The molecule has 0 aromatic carbocycles. The van der Waals surface area contributed by atoms with E-state index in [1.165, 1.54) is 4.90 Å². The summed E-state index contributed by atoms with van der Waals surface area (Å²) >= 11 is 0. The zero-order valence-corrected chi connectivity index (χ0v) is 17.3. The van der Waals surface area contributed by atoms with Crippen LogP contribution in [0.2, 0.25) is 0 Å². The molecule has 0 N–H and O–H groups in total. The van der Waals surface area contributed by atoms with Gasteiger partial charge in [0.1, 0.15) is 0 Å². The molecule has 0 bridgehead atoms. The molecule has 1 heterocycles. The minimum absolute atomic E-state index is 0.156. The second kappa shape index (κ2) is 9.08. The Labute approximate surface area is 156 Å². The van der Waals surface area contributed by atoms with E-state index in [1.807, 2.05) is 41.5 Å².